The third-order valence-electron chi connectivity index (χ3n) is 2.19. The summed E-state index contributed by atoms with van der Waals surface area (Å²) in [6, 6.07) is -2.79. The maximum atomic E-state index is 12.2. The Kier molecular flexibility index (Phi) is 0.611. The Morgan fingerprint density at radius 3 is 3.14 bits per heavy atom. The average Bonchev–Trinajstić information content (AvgIpc) is 2.80. The summed E-state index contributed by atoms with van der Waals surface area (Å²) in [5.74, 6) is -0.788. The van der Waals surface area contributed by atoms with E-state index in [9.17, 15) is 4.79 Å². The lowest BCUT2D eigenvalue weighted by Gasteiger charge is -2.06. The molecular formula is C13H10O. The highest BCUT2D eigenvalue weighted by Crippen LogP contribution is 2.36. The third-order valence-corrected chi connectivity index (χ3v) is 2.19. The van der Waals surface area contributed by atoms with Gasteiger partial charge in [-0.2, -0.15) is 0 Å². The molecule has 0 aromatic heterocycles. The maximum absolute atomic E-state index is 12.2. The molecule has 0 heterocycles. The predicted octanol–water partition coefficient (Wildman–Crippen LogP) is 2.53. The molecule has 0 N–H and O–H groups in total. The molecule has 1 aromatic rings. The zero-order valence-corrected chi connectivity index (χ0v) is 7.06. The van der Waals surface area contributed by atoms with Gasteiger partial charge in [0, 0.05) is 21.1 Å². The van der Waals surface area contributed by atoms with Crippen molar-refractivity contribution in [1.82, 2.24) is 0 Å². The van der Waals surface area contributed by atoms with Gasteiger partial charge in [0.2, 0.25) is 0 Å². The van der Waals surface area contributed by atoms with Gasteiger partial charge >= 0.3 is 0 Å². The van der Waals surface area contributed by atoms with Gasteiger partial charge < -0.3 is 0 Å². The fourth-order valence-corrected chi connectivity index (χ4v) is 1.55. The first-order valence-electron chi connectivity index (χ1n) is 8.26. The van der Waals surface area contributed by atoms with E-state index in [0.717, 1.165) is 0 Å². The van der Waals surface area contributed by atoms with Gasteiger partial charge in [-0.3, -0.25) is 4.79 Å². The second-order valence-corrected chi connectivity index (χ2v) is 3.00. The van der Waals surface area contributed by atoms with Gasteiger partial charge in [0.15, 0.2) is 5.78 Å². The SMILES string of the molecule is [2H]C1=C([2H])C([2H])C(=O)C2=C1c1c([2H])c([2H])c([2H])c([2H])c1C2[2H]. The molecule has 3 rings (SSSR count). The summed E-state index contributed by atoms with van der Waals surface area (Å²) in [5.41, 5.74) is -0.393. The molecule has 0 spiro atoms. The van der Waals surface area contributed by atoms with Gasteiger partial charge in [0.25, 0.3) is 0 Å². The van der Waals surface area contributed by atoms with Crippen molar-refractivity contribution in [2.24, 2.45) is 0 Å². The number of Topliss-reactive ketones (excluding diaryl/α,β-unsaturated/α-hetero) is 1. The monoisotopic (exact) mass is 190 g/mol. The van der Waals surface area contributed by atoms with Gasteiger partial charge in [-0.15, -0.1) is 0 Å². The summed E-state index contributed by atoms with van der Waals surface area (Å²) >= 11 is 0. The molecule has 0 saturated carbocycles. The van der Waals surface area contributed by atoms with Crippen LogP contribution in [0, 0.1) is 0 Å². The Hall–Kier alpha value is -1.63. The van der Waals surface area contributed by atoms with Crippen molar-refractivity contribution in [2.75, 3.05) is 0 Å². The molecule has 0 fully saturated rings. The highest BCUT2D eigenvalue weighted by Gasteiger charge is 2.25. The van der Waals surface area contributed by atoms with Crippen molar-refractivity contribution in [2.45, 2.75) is 12.8 Å². The van der Waals surface area contributed by atoms with Crippen molar-refractivity contribution in [3.8, 4) is 0 Å². The number of rotatable bonds is 0. The number of benzene rings is 1. The summed E-state index contributed by atoms with van der Waals surface area (Å²) in [6.45, 7) is 0. The quantitative estimate of drug-likeness (QED) is 0.614. The Balaban J connectivity index is 2.44. The lowest BCUT2D eigenvalue weighted by molar-refractivity contribution is -0.114. The van der Waals surface area contributed by atoms with Crippen LogP contribution in [0.15, 0.2) is 41.8 Å². The fraction of sp³-hybridized carbons (Fsp3) is 0.154. The molecule has 2 unspecified atom stereocenters. The molecule has 68 valence electrons. The van der Waals surface area contributed by atoms with Crippen molar-refractivity contribution >= 4 is 11.4 Å². The minimum Gasteiger partial charge on any atom is -0.294 e. The minimum absolute atomic E-state index is 0.0593. The van der Waals surface area contributed by atoms with Crippen LogP contribution < -0.4 is 0 Å². The molecule has 0 radical (unpaired) electrons. The van der Waals surface area contributed by atoms with E-state index in [1.54, 1.807) is 0 Å². The summed E-state index contributed by atoms with van der Waals surface area (Å²) in [5, 5.41) is 0. The number of hydrogen-bond acceptors (Lipinski definition) is 1. The number of carbonyl (C=O) groups excluding carboxylic acids is 1. The molecule has 0 aliphatic heterocycles. The van der Waals surface area contributed by atoms with Crippen LogP contribution in [0.2, 0.25) is 0 Å². The Morgan fingerprint density at radius 2 is 2.21 bits per heavy atom. The van der Waals surface area contributed by atoms with E-state index in [1.165, 1.54) is 0 Å². The normalized spacial score (nSPS) is 38.4. The van der Waals surface area contributed by atoms with E-state index in [0.29, 0.717) is 0 Å². The molecule has 1 nitrogen and oxygen atoms in total. The zero-order chi connectivity index (χ0) is 16.5. The Labute approximate surface area is 94.0 Å². The minimum atomic E-state index is -1.58. The molecule has 2 aliphatic carbocycles. The van der Waals surface area contributed by atoms with Crippen LogP contribution in [-0.4, -0.2) is 5.78 Å². The molecule has 2 atom stereocenters. The van der Waals surface area contributed by atoms with Gasteiger partial charge in [0.1, 0.15) is 0 Å². The topological polar surface area (TPSA) is 17.1 Å². The first kappa shape index (κ1) is 3.20. The highest BCUT2D eigenvalue weighted by atomic mass is 16.1. The van der Waals surface area contributed by atoms with E-state index >= 15 is 0 Å². The molecule has 14 heavy (non-hydrogen) atoms. The first-order valence-corrected chi connectivity index (χ1v) is 4.11. The number of carbonyl (C=O) groups is 1. The summed E-state index contributed by atoms with van der Waals surface area (Å²) in [6.07, 6.45) is -2.94. The van der Waals surface area contributed by atoms with Gasteiger partial charge in [-0.05, 0) is 16.7 Å². The highest BCUT2D eigenvalue weighted by molar-refractivity contribution is 6.09. The van der Waals surface area contributed by atoms with Crippen LogP contribution in [0.1, 0.15) is 28.5 Å². The van der Waals surface area contributed by atoms with Crippen molar-refractivity contribution in [3.63, 3.8) is 0 Å². The average molecular weight is 190 g/mol. The smallest absolute Gasteiger partial charge is 0.163 e. The standard InChI is InChI=1S/C13H10O/c14-13-7-3-6-11-10-5-2-1-4-9(10)8-12(11)13/h1-6H,7-8H2/i1D,2D,3D,4D,5D,6D,7D,8D. The van der Waals surface area contributed by atoms with Gasteiger partial charge in [-0.25, -0.2) is 0 Å². The second-order valence-electron chi connectivity index (χ2n) is 3.00. The molecule has 0 saturated heterocycles. The molecular weight excluding hydrogens is 172 g/mol. The molecule has 1 heteroatoms. The summed E-state index contributed by atoms with van der Waals surface area (Å²) in [4.78, 5) is 12.2. The van der Waals surface area contributed by atoms with Crippen LogP contribution in [0.4, 0.5) is 0 Å². The predicted molar refractivity (Wildman–Crippen MR) is 55.8 cm³/mol. The van der Waals surface area contributed by atoms with Crippen molar-refractivity contribution in [1.29, 1.82) is 0 Å². The number of fused-ring (bicyclic) bond motifs is 2. The van der Waals surface area contributed by atoms with E-state index in [1.807, 2.05) is 0 Å². The summed E-state index contributed by atoms with van der Waals surface area (Å²) < 4.78 is 62.7. The lowest BCUT2D eigenvalue weighted by Crippen LogP contribution is -2.04. The van der Waals surface area contributed by atoms with Crippen LogP contribution in [-0.2, 0) is 11.2 Å². The Bertz CT molecular complexity index is 807. The van der Waals surface area contributed by atoms with Crippen LogP contribution >= 0.6 is 0 Å². The second kappa shape index (κ2) is 2.68. The van der Waals surface area contributed by atoms with E-state index in [2.05, 4.69) is 0 Å². The van der Waals surface area contributed by atoms with Gasteiger partial charge in [0.05, 0.1) is 8.22 Å². The first-order chi connectivity index (χ1) is 10.2. The fourth-order valence-electron chi connectivity index (χ4n) is 1.55. The van der Waals surface area contributed by atoms with Crippen LogP contribution in [0.3, 0.4) is 0 Å². The van der Waals surface area contributed by atoms with Crippen molar-refractivity contribution in [3.05, 3.63) is 53.0 Å². The Morgan fingerprint density at radius 1 is 1.36 bits per heavy atom. The molecule has 0 bridgehead atoms. The lowest BCUT2D eigenvalue weighted by atomic mass is 9.97. The van der Waals surface area contributed by atoms with Crippen molar-refractivity contribution < 1.29 is 15.8 Å². The van der Waals surface area contributed by atoms with Crippen LogP contribution in [0.5, 0.6) is 0 Å². The van der Waals surface area contributed by atoms with Gasteiger partial charge in [-0.1, -0.05) is 36.3 Å². The van der Waals surface area contributed by atoms with E-state index < -0.39 is 54.9 Å². The maximum Gasteiger partial charge on any atom is 0.163 e. The third kappa shape index (κ3) is 0.925. The molecule has 1 aromatic carbocycles. The largest absolute Gasteiger partial charge is 0.294 e. The van der Waals surface area contributed by atoms with E-state index in [-0.39, 0.29) is 22.3 Å². The van der Waals surface area contributed by atoms with E-state index in [4.69, 9.17) is 11.0 Å². The zero-order valence-electron chi connectivity index (χ0n) is 15.1. The number of allylic oxidation sites excluding steroid dienone is 4. The summed E-state index contributed by atoms with van der Waals surface area (Å²) in [7, 11) is 0. The number of hydrogen-bond donors (Lipinski definition) is 0. The van der Waals surface area contributed by atoms with Crippen LogP contribution in [0.25, 0.3) is 5.57 Å². The number of ketones is 1. The molecule has 0 amide bonds. The molecule has 2 aliphatic rings.